The molecule has 1 aliphatic heterocycles. The summed E-state index contributed by atoms with van der Waals surface area (Å²) < 4.78 is 26.4. The zero-order valence-electron chi connectivity index (χ0n) is 9.84. The Kier molecular flexibility index (Phi) is 3.45. The third-order valence-corrected chi connectivity index (χ3v) is 3.60. The maximum atomic E-state index is 13.2. The van der Waals surface area contributed by atoms with Gasteiger partial charge in [-0.3, -0.25) is 0 Å². The smallest absolute Gasteiger partial charge is 0.126 e. The predicted molar refractivity (Wildman–Crippen MR) is 61.5 cm³/mol. The highest BCUT2D eigenvalue weighted by atomic mass is 19.1. The van der Waals surface area contributed by atoms with Crippen molar-refractivity contribution in [2.24, 2.45) is 5.92 Å². The Hall–Kier alpha value is -1.00. The second-order valence-corrected chi connectivity index (χ2v) is 4.64. The number of piperidine rings is 1. The molecule has 0 bridgehead atoms. The molecule has 0 aromatic heterocycles. The normalized spacial score (nSPS) is 29.3. The summed E-state index contributed by atoms with van der Waals surface area (Å²) in [6.07, 6.45) is 1.25. The number of hydrogen-bond acceptors (Lipinski definition) is 2. The van der Waals surface area contributed by atoms with Crippen molar-refractivity contribution in [2.75, 3.05) is 13.1 Å². The molecule has 0 spiro atoms. The fraction of sp³-hybridized carbons (Fsp3) is 0.538. The number of benzene rings is 1. The highest BCUT2D eigenvalue weighted by Gasteiger charge is 2.39. The summed E-state index contributed by atoms with van der Waals surface area (Å²) in [6, 6.07) is 3.29. The van der Waals surface area contributed by atoms with Crippen LogP contribution in [0.5, 0.6) is 0 Å². The topological polar surface area (TPSA) is 32.3 Å². The zero-order valence-corrected chi connectivity index (χ0v) is 9.84. The van der Waals surface area contributed by atoms with E-state index in [0.717, 1.165) is 12.5 Å². The van der Waals surface area contributed by atoms with E-state index in [1.165, 1.54) is 12.1 Å². The Morgan fingerprint density at radius 3 is 2.59 bits per heavy atom. The minimum Gasteiger partial charge on any atom is -0.385 e. The average molecular weight is 241 g/mol. The van der Waals surface area contributed by atoms with Crippen molar-refractivity contribution in [3.8, 4) is 0 Å². The number of halogens is 2. The van der Waals surface area contributed by atoms with E-state index < -0.39 is 17.2 Å². The molecule has 0 amide bonds. The van der Waals surface area contributed by atoms with Crippen LogP contribution < -0.4 is 5.32 Å². The molecule has 2 N–H and O–H groups in total. The third-order valence-electron chi connectivity index (χ3n) is 3.60. The SMILES string of the molecule is CCC1CNCCC1(O)c1cc(F)cc(F)c1. The molecule has 2 rings (SSSR count). The van der Waals surface area contributed by atoms with Crippen molar-refractivity contribution in [2.45, 2.75) is 25.4 Å². The van der Waals surface area contributed by atoms with Gasteiger partial charge in [0.25, 0.3) is 0 Å². The molecule has 0 radical (unpaired) electrons. The summed E-state index contributed by atoms with van der Waals surface area (Å²) in [7, 11) is 0. The van der Waals surface area contributed by atoms with Crippen LogP contribution in [-0.4, -0.2) is 18.2 Å². The van der Waals surface area contributed by atoms with Gasteiger partial charge in [-0.25, -0.2) is 8.78 Å². The van der Waals surface area contributed by atoms with Crippen LogP contribution in [0, 0.1) is 17.6 Å². The highest BCUT2D eigenvalue weighted by Crippen LogP contribution is 2.37. The largest absolute Gasteiger partial charge is 0.385 e. The standard InChI is InChI=1S/C13H17F2NO/c1-2-9-8-16-4-3-13(9,17)10-5-11(14)7-12(15)6-10/h5-7,9,16-17H,2-4,8H2,1H3. The molecule has 1 aromatic carbocycles. The van der Waals surface area contributed by atoms with Gasteiger partial charge in [0.1, 0.15) is 11.6 Å². The molecule has 2 unspecified atom stereocenters. The van der Waals surface area contributed by atoms with Crippen molar-refractivity contribution >= 4 is 0 Å². The fourth-order valence-electron chi connectivity index (χ4n) is 2.59. The molecule has 1 fully saturated rings. The second-order valence-electron chi connectivity index (χ2n) is 4.64. The highest BCUT2D eigenvalue weighted by molar-refractivity contribution is 5.26. The minimum atomic E-state index is -1.12. The monoisotopic (exact) mass is 241 g/mol. The molecule has 2 atom stereocenters. The van der Waals surface area contributed by atoms with E-state index in [9.17, 15) is 13.9 Å². The van der Waals surface area contributed by atoms with Crippen LogP contribution in [0.25, 0.3) is 0 Å². The van der Waals surface area contributed by atoms with Gasteiger partial charge in [-0.05, 0) is 37.1 Å². The van der Waals surface area contributed by atoms with Gasteiger partial charge in [0.2, 0.25) is 0 Å². The summed E-state index contributed by atoms with van der Waals surface area (Å²) in [4.78, 5) is 0. The molecular formula is C13H17F2NO. The first-order valence-electron chi connectivity index (χ1n) is 5.96. The summed E-state index contributed by atoms with van der Waals surface area (Å²) in [5.41, 5.74) is -0.772. The van der Waals surface area contributed by atoms with E-state index in [1.54, 1.807) is 0 Å². The second kappa shape index (κ2) is 4.70. The third kappa shape index (κ3) is 2.33. The lowest BCUT2D eigenvalue weighted by molar-refractivity contribution is -0.0482. The maximum Gasteiger partial charge on any atom is 0.126 e. The summed E-state index contributed by atoms with van der Waals surface area (Å²) in [6.45, 7) is 3.30. The Morgan fingerprint density at radius 1 is 1.35 bits per heavy atom. The molecule has 17 heavy (non-hydrogen) atoms. The quantitative estimate of drug-likeness (QED) is 0.831. The fourth-order valence-corrected chi connectivity index (χ4v) is 2.59. The number of aliphatic hydroxyl groups is 1. The van der Waals surface area contributed by atoms with Crippen LogP contribution in [0.4, 0.5) is 8.78 Å². The van der Waals surface area contributed by atoms with Gasteiger partial charge in [-0.15, -0.1) is 0 Å². The van der Waals surface area contributed by atoms with Gasteiger partial charge in [0.05, 0.1) is 5.60 Å². The molecule has 2 nitrogen and oxygen atoms in total. The molecule has 1 heterocycles. The lowest BCUT2D eigenvalue weighted by Gasteiger charge is -2.40. The van der Waals surface area contributed by atoms with E-state index >= 15 is 0 Å². The van der Waals surface area contributed by atoms with Crippen molar-refractivity contribution < 1.29 is 13.9 Å². The van der Waals surface area contributed by atoms with Gasteiger partial charge < -0.3 is 10.4 Å². The van der Waals surface area contributed by atoms with Crippen LogP contribution in [0.2, 0.25) is 0 Å². The predicted octanol–water partition coefficient (Wildman–Crippen LogP) is 2.17. The van der Waals surface area contributed by atoms with Crippen molar-refractivity contribution in [1.82, 2.24) is 5.32 Å². The van der Waals surface area contributed by atoms with Crippen LogP contribution in [0.3, 0.4) is 0 Å². The maximum absolute atomic E-state index is 13.2. The lowest BCUT2D eigenvalue weighted by atomic mass is 9.75. The first kappa shape index (κ1) is 12.5. The lowest BCUT2D eigenvalue weighted by Crippen LogP contribution is -2.48. The van der Waals surface area contributed by atoms with Crippen LogP contribution in [0.15, 0.2) is 18.2 Å². The minimum absolute atomic E-state index is 0.0163. The molecule has 4 heteroatoms. The molecule has 94 valence electrons. The first-order chi connectivity index (χ1) is 8.06. The number of nitrogens with one attached hydrogen (secondary N) is 1. The molecule has 1 saturated heterocycles. The Labute approximate surface area is 99.7 Å². The van der Waals surface area contributed by atoms with Gasteiger partial charge in [-0.1, -0.05) is 6.92 Å². The van der Waals surface area contributed by atoms with E-state index in [1.807, 2.05) is 6.92 Å². The molecule has 0 aliphatic carbocycles. The van der Waals surface area contributed by atoms with E-state index in [4.69, 9.17) is 0 Å². The molecular weight excluding hydrogens is 224 g/mol. The van der Waals surface area contributed by atoms with Gasteiger partial charge >= 0.3 is 0 Å². The molecule has 0 saturated carbocycles. The average Bonchev–Trinajstić information content (AvgIpc) is 2.28. The van der Waals surface area contributed by atoms with Crippen molar-refractivity contribution in [1.29, 1.82) is 0 Å². The number of rotatable bonds is 2. The Balaban J connectivity index is 2.40. The van der Waals surface area contributed by atoms with Crippen molar-refractivity contribution in [3.63, 3.8) is 0 Å². The summed E-state index contributed by atoms with van der Waals surface area (Å²) in [5.74, 6) is -1.29. The van der Waals surface area contributed by atoms with Crippen LogP contribution in [-0.2, 0) is 5.60 Å². The van der Waals surface area contributed by atoms with Crippen molar-refractivity contribution in [3.05, 3.63) is 35.4 Å². The molecule has 1 aromatic rings. The summed E-state index contributed by atoms with van der Waals surface area (Å²) >= 11 is 0. The molecule has 1 aliphatic rings. The summed E-state index contributed by atoms with van der Waals surface area (Å²) in [5, 5.41) is 13.9. The van der Waals surface area contributed by atoms with Gasteiger partial charge in [0.15, 0.2) is 0 Å². The van der Waals surface area contributed by atoms with Crippen LogP contribution in [0.1, 0.15) is 25.3 Å². The van der Waals surface area contributed by atoms with E-state index in [-0.39, 0.29) is 5.92 Å². The van der Waals surface area contributed by atoms with E-state index in [0.29, 0.717) is 25.1 Å². The first-order valence-corrected chi connectivity index (χ1v) is 5.96. The Morgan fingerprint density at radius 2 is 2.00 bits per heavy atom. The van der Waals surface area contributed by atoms with Gasteiger partial charge in [-0.2, -0.15) is 0 Å². The van der Waals surface area contributed by atoms with E-state index in [2.05, 4.69) is 5.32 Å². The van der Waals surface area contributed by atoms with Gasteiger partial charge in [0, 0.05) is 18.5 Å². The Bertz CT molecular complexity index is 390. The zero-order chi connectivity index (χ0) is 12.5. The number of hydrogen-bond donors (Lipinski definition) is 2. The van der Waals surface area contributed by atoms with Crippen LogP contribution >= 0.6 is 0 Å².